The molecule has 0 saturated heterocycles. The molecule has 0 aromatic carbocycles. The summed E-state index contributed by atoms with van der Waals surface area (Å²) in [4.78, 5) is 4.31. The molecule has 2 saturated carbocycles. The smallest absolute Gasteiger partial charge is 0.244 e. The Morgan fingerprint density at radius 1 is 1.14 bits per heavy atom. The molecule has 3 rings (SSSR count). The van der Waals surface area contributed by atoms with Gasteiger partial charge in [0.25, 0.3) is 0 Å². The molecule has 116 valence electrons. The molecular formula is C15H21BrN2O2S. The zero-order valence-electron chi connectivity index (χ0n) is 12.0. The van der Waals surface area contributed by atoms with E-state index in [0.29, 0.717) is 21.8 Å². The lowest BCUT2D eigenvalue weighted by molar-refractivity contribution is 0.274. The Bertz CT molecular complexity index is 595. The van der Waals surface area contributed by atoms with E-state index in [1.165, 1.54) is 25.5 Å². The van der Waals surface area contributed by atoms with Crippen LogP contribution in [0.2, 0.25) is 0 Å². The number of rotatable bonds is 5. The van der Waals surface area contributed by atoms with Gasteiger partial charge in [0, 0.05) is 29.5 Å². The Labute approximate surface area is 135 Å². The van der Waals surface area contributed by atoms with Gasteiger partial charge in [-0.3, -0.25) is 4.98 Å². The first-order chi connectivity index (χ1) is 10.1. The molecule has 0 atom stereocenters. The van der Waals surface area contributed by atoms with Gasteiger partial charge >= 0.3 is 0 Å². The first kappa shape index (κ1) is 15.4. The summed E-state index contributed by atoms with van der Waals surface area (Å²) in [6, 6.07) is 1.86. The second kappa shape index (κ2) is 6.34. The summed E-state index contributed by atoms with van der Waals surface area (Å²) in [5, 5.41) is 0. The standard InChI is InChI=1S/C15H21BrN2O2S/c16-13-8-15(10-17-9-13)21(19,20)18(14-6-7-14)11-12-4-2-1-3-5-12/h8-10,12,14H,1-7,11H2. The van der Waals surface area contributed by atoms with Crippen molar-refractivity contribution in [1.29, 1.82) is 0 Å². The molecule has 0 amide bonds. The van der Waals surface area contributed by atoms with Gasteiger partial charge in [-0.1, -0.05) is 19.3 Å². The van der Waals surface area contributed by atoms with Gasteiger partial charge in [0.1, 0.15) is 4.90 Å². The fourth-order valence-corrected chi connectivity index (χ4v) is 5.37. The third-order valence-electron chi connectivity index (χ3n) is 4.40. The molecule has 4 nitrogen and oxygen atoms in total. The molecule has 2 fully saturated rings. The Kier molecular flexibility index (Phi) is 4.66. The maximum absolute atomic E-state index is 12.9. The van der Waals surface area contributed by atoms with Crippen molar-refractivity contribution in [2.24, 2.45) is 5.92 Å². The summed E-state index contributed by atoms with van der Waals surface area (Å²) in [5.41, 5.74) is 0. The highest BCUT2D eigenvalue weighted by atomic mass is 79.9. The van der Waals surface area contributed by atoms with Crippen LogP contribution in [0.25, 0.3) is 0 Å². The lowest BCUT2D eigenvalue weighted by Crippen LogP contribution is -2.37. The molecule has 1 heterocycles. The molecule has 0 bridgehead atoms. The summed E-state index contributed by atoms with van der Waals surface area (Å²) in [6.07, 6.45) is 11.1. The van der Waals surface area contributed by atoms with Crippen LogP contribution in [0.3, 0.4) is 0 Å². The molecule has 6 heteroatoms. The van der Waals surface area contributed by atoms with Crippen molar-refractivity contribution in [3.8, 4) is 0 Å². The van der Waals surface area contributed by atoms with E-state index in [1.807, 2.05) is 0 Å². The average Bonchev–Trinajstić information content (AvgIpc) is 3.30. The van der Waals surface area contributed by atoms with Crippen molar-refractivity contribution in [3.63, 3.8) is 0 Å². The van der Waals surface area contributed by atoms with E-state index in [0.717, 1.165) is 25.7 Å². The Hall–Kier alpha value is -0.460. The van der Waals surface area contributed by atoms with Gasteiger partial charge in [-0.2, -0.15) is 4.31 Å². The van der Waals surface area contributed by atoms with E-state index in [1.54, 1.807) is 16.6 Å². The van der Waals surface area contributed by atoms with Gasteiger partial charge < -0.3 is 0 Å². The molecule has 0 spiro atoms. The van der Waals surface area contributed by atoms with Crippen LogP contribution in [0.4, 0.5) is 0 Å². The van der Waals surface area contributed by atoms with E-state index in [-0.39, 0.29) is 6.04 Å². The Balaban J connectivity index is 1.82. The van der Waals surface area contributed by atoms with Crippen LogP contribution in [0.5, 0.6) is 0 Å². The minimum atomic E-state index is -3.42. The van der Waals surface area contributed by atoms with Crippen LogP contribution in [0.15, 0.2) is 27.8 Å². The fourth-order valence-electron chi connectivity index (χ4n) is 3.10. The Morgan fingerprint density at radius 2 is 1.86 bits per heavy atom. The highest BCUT2D eigenvalue weighted by Gasteiger charge is 2.39. The molecule has 0 aliphatic heterocycles. The molecule has 1 aromatic rings. The number of aromatic nitrogens is 1. The lowest BCUT2D eigenvalue weighted by Gasteiger charge is -2.29. The van der Waals surface area contributed by atoms with E-state index in [9.17, 15) is 8.42 Å². The van der Waals surface area contributed by atoms with Crippen molar-refractivity contribution in [2.45, 2.75) is 55.9 Å². The molecular weight excluding hydrogens is 352 g/mol. The third-order valence-corrected chi connectivity index (χ3v) is 6.72. The normalized spacial score (nSPS) is 20.9. The van der Waals surface area contributed by atoms with Crippen LogP contribution >= 0.6 is 15.9 Å². The number of nitrogens with zero attached hydrogens (tertiary/aromatic N) is 2. The zero-order valence-corrected chi connectivity index (χ0v) is 14.4. The maximum Gasteiger partial charge on any atom is 0.244 e. The van der Waals surface area contributed by atoms with Gasteiger partial charge in [-0.25, -0.2) is 8.42 Å². The molecule has 0 unspecified atom stereocenters. The predicted molar refractivity (Wildman–Crippen MR) is 85.4 cm³/mol. The van der Waals surface area contributed by atoms with Crippen molar-refractivity contribution >= 4 is 26.0 Å². The minimum Gasteiger partial charge on any atom is -0.262 e. The number of sulfonamides is 1. The Morgan fingerprint density at radius 3 is 2.48 bits per heavy atom. The van der Waals surface area contributed by atoms with Crippen LogP contribution in [-0.2, 0) is 10.0 Å². The van der Waals surface area contributed by atoms with E-state index < -0.39 is 10.0 Å². The zero-order chi connectivity index (χ0) is 14.9. The van der Waals surface area contributed by atoms with Gasteiger partial charge in [0.05, 0.1) is 0 Å². The third kappa shape index (κ3) is 3.66. The van der Waals surface area contributed by atoms with Gasteiger partial charge in [-0.15, -0.1) is 0 Å². The largest absolute Gasteiger partial charge is 0.262 e. The summed E-state index contributed by atoms with van der Waals surface area (Å²) < 4.78 is 28.3. The minimum absolute atomic E-state index is 0.205. The topological polar surface area (TPSA) is 50.3 Å². The summed E-state index contributed by atoms with van der Waals surface area (Å²) in [7, 11) is -3.42. The second-order valence-electron chi connectivity index (χ2n) is 6.15. The maximum atomic E-state index is 12.9. The highest BCUT2D eigenvalue weighted by Crippen LogP contribution is 2.35. The monoisotopic (exact) mass is 372 g/mol. The number of pyridine rings is 1. The van der Waals surface area contributed by atoms with E-state index in [2.05, 4.69) is 20.9 Å². The number of hydrogen-bond donors (Lipinski definition) is 0. The van der Waals surface area contributed by atoms with Crippen LogP contribution in [-0.4, -0.2) is 30.3 Å². The first-order valence-electron chi connectivity index (χ1n) is 7.70. The number of halogens is 1. The molecule has 21 heavy (non-hydrogen) atoms. The van der Waals surface area contributed by atoms with Crippen molar-refractivity contribution < 1.29 is 8.42 Å². The van der Waals surface area contributed by atoms with Crippen LogP contribution in [0.1, 0.15) is 44.9 Å². The second-order valence-corrected chi connectivity index (χ2v) is 8.96. The first-order valence-corrected chi connectivity index (χ1v) is 9.93. The quantitative estimate of drug-likeness (QED) is 0.793. The van der Waals surface area contributed by atoms with Crippen molar-refractivity contribution in [1.82, 2.24) is 9.29 Å². The summed E-state index contributed by atoms with van der Waals surface area (Å²) >= 11 is 3.31. The molecule has 1 aromatic heterocycles. The number of hydrogen-bond acceptors (Lipinski definition) is 3. The predicted octanol–water partition coefficient (Wildman–Crippen LogP) is 3.58. The van der Waals surface area contributed by atoms with Crippen LogP contribution in [0, 0.1) is 5.92 Å². The summed E-state index contributed by atoms with van der Waals surface area (Å²) in [5.74, 6) is 0.522. The molecule has 0 N–H and O–H groups in total. The van der Waals surface area contributed by atoms with Gasteiger partial charge in [0.2, 0.25) is 10.0 Å². The highest BCUT2D eigenvalue weighted by molar-refractivity contribution is 9.10. The summed E-state index contributed by atoms with van der Waals surface area (Å²) in [6.45, 7) is 0.680. The van der Waals surface area contributed by atoms with E-state index in [4.69, 9.17) is 0 Å². The fraction of sp³-hybridized carbons (Fsp3) is 0.667. The molecule has 0 radical (unpaired) electrons. The van der Waals surface area contributed by atoms with Crippen LogP contribution < -0.4 is 0 Å². The van der Waals surface area contributed by atoms with Gasteiger partial charge in [0.15, 0.2) is 0 Å². The van der Waals surface area contributed by atoms with Crippen molar-refractivity contribution in [3.05, 3.63) is 22.9 Å². The van der Waals surface area contributed by atoms with Crippen molar-refractivity contribution in [2.75, 3.05) is 6.54 Å². The molecule has 2 aliphatic rings. The SMILES string of the molecule is O=S(=O)(c1cncc(Br)c1)N(CC1CCCCC1)C1CC1. The van der Waals surface area contributed by atoms with E-state index >= 15 is 0 Å². The van der Waals surface area contributed by atoms with Gasteiger partial charge in [-0.05, 0) is 53.6 Å². The lowest BCUT2D eigenvalue weighted by atomic mass is 9.89. The average molecular weight is 373 g/mol. The molecule has 2 aliphatic carbocycles.